The predicted octanol–water partition coefficient (Wildman–Crippen LogP) is 2.42. The van der Waals surface area contributed by atoms with Crippen LogP contribution in [-0.2, 0) is 16.1 Å². The second-order valence-electron chi connectivity index (χ2n) is 6.95. The number of carbonyl (C=O) groups excluding carboxylic acids is 2. The van der Waals surface area contributed by atoms with Crippen molar-refractivity contribution in [1.82, 2.24) is 9.55 Å². The van der Waals surface area contributed by atoms with Gasteiger partial charge in [0.1, 0.15) is 30.5 Å². The van der Waals surface area contributed by atoms with Crippen LogP contribution in [0.1, 0.15) is 20.8 Å². The molecule has 2 N–H and O–H groups in total. The minimum Gasteiger partial charge on any atom is -0.494 e. The summed E-state index contributed by atoms with van der Waals surface area (Å²) in [5.74, 6) is 3.22. The number of rotatable bonds is 4. The van der Waals surface area contributed by atoms with E-state index in [1.165, 1.54) is 0 Å². The van der Waals surface area contributed by atoms with Crippen LogP contribution in [0.5, 0.6) is 11.5 Å². The topological polar surface area (TPSA) is 109 Å². The number of aromatic nitrogens is 2. The Morgan fingerprint density at radius 2 is 2.14 bits per heavy atom. The molecule has 2 aliphatic rings. The highest BCUT2D eigenvalue weighted by molar-refractivity contribution is 5.89. The Kier molecular flexibility index (Phi) is 6.26. The van der Waals surface area contributed by atoms with Crippen molar-refractivity contribution in [1.29, 1.82) is 0 Å². The van der Waals surface area contributed by atoms with Gasteiger partial charge >= 0.3 is 6.09 Å². The summed E-state index contributed by atoms with van der Waals surface area (Å²) in [5, 5.41) is 0. The highest BCUT2D eigenvalue weighted by Gasteiger charge is 2.38. The molecule has 0 aliphatic carbocycles. The van der Waals surface area contributed by atoms with Crippen LogP contribution in [0, 0.1) is 5.92 Å². The first-order chi connectivity index (χ1) is 14.0. The van der Waals surface area contributed by atoms with Crippen molar-refractivity contribution < 1.29 is 23.8 Å². The third kappa shape index (κ3) is 4.13. The van der Waals surface area contributed by atoms with E-state index >= 15 is 0 Å². The second kappa shape index (κ2) is 8.85. The fourth-order valence-electron chi connectivity index (χ4n) is 3.41. The first-order valence-electron chi connectivity index (χ1n) is 9.58. The lowest BCUT2D eigenvalue weighted by Crippen LogP contribution is -2.37. The number of carbonyl (C=O) groups is 2. The molecule has 1 saturated heterocycles. The van der Waals surface area contributed by atoms with Crippen molar-refractivity contribution in [2.24, 2.45) is 11.7 Å². The number of amides is 2. The van der Waals surface area contributed by atoms with Crippen LogP contribution in [-0.4, -0.2) is 47.9 Å². The Labute approximate surface area is 169 Å². The third-order valence-electron chi connectivity index (χ3n) is 4.78. The van der Waals surface area contributed by atoms with Crippen molar-refractivity contribution in [2.75, 3.05) is 24.7 Å². The van der Waals surface area contributed by atoms with Gasteiger partial charge in [-0.2, -0.15) is 0 Å². The Hall–Kier alpha value is -3.23. The van der Waals surface area contributed by atoms with Gasteiger partial charge in [-0.25, -0.2) is 9.78 Å². The quantitative estimate of drug-likeness (QED) is 0.787. The molecule has 0 radical (unpaired) electrons. The second-order valence-corrected chi connectivity index (χ2v) is 6.95. The van der Waals surface area contributed by atoms with E-state index in [-0.39, 0.29) is 24.5 Å². The predicted molar refractivity (Wildman–Crippen MR) is 107 cm³/mol. The lowest BCUT2D eigenvalue weighted by Gasteiger charge is -2.21. The molecule has 1 aromatic heterocycles. The van der Waals surface area contributed by atoms with Crippen LogP contribution in [0.15, 0.2) is 24.4 Å². The number of primary amides is 1. The number of nitrogens with two attached hydrogens (primary N) is 1. The van der Waals surface area contributed by atoms with Gasteiger partial charge in [-0.1, -0.05) is 13.8 Å². The minimum atomic E-state index is -0.333. The number of anilines is 1. The van der Waals surface area contributed by atoms with E-state index in [1.807, 2.05) is 35.9 Å². The molecule has 29 heavy (non-hydrogen) atoms. The van der Waals surface area contributed by atoms with Crippen molar-refractivity contribution in [2.45, 2.75) is 33.4 Å². The highest BCUT2D eigenvalue weighted by Crippen LogP contribution is 2.37. The van der Waals surface area contributed by atoms with Crippen LogP contribution in [0.25, 0.3) is 11.4 Å². The molecule has 9 nitrogen and oxygen atoms in total. The van der Waals surface area contributed by atoms with Crippen LogP contribution in [0.4, 0.5) is 10.6 Å². The average Bonchev–Trinajstić information content (AvgIpc) is 3.22. The van der Waals surface area contributed by atoms with E-state index in [9.17, 15) is 4.79 Å². The molecule has 1 unspecified atom stereocenters. The van der Waals surface area contributed by atoms with Gasteiger partial charge in [0.15, 0.2) is 5.82 Å². The van der Waals surface area contributed by atoms with Gasteiger partial charge < -0.3 is 24.5 Å². The monoisotopic (exact) mass is 402 g/mol. The van der Waals surface area contributed by atoms with E-state index in [2.05, 4.69) is 19.6 Å². The number of benzene rings is 1. The summed E-state index contributed by atoms with van der Waals surface area (Å²) >= 11 is 0. The standard InChI is InChI=1S/C19H23N3O4.CH3NO/c1-4-24-13-5-6-14-16(9-13)25-8-7-21-10-17(20-18(14)21)22-15(12(2)3)11-26-19(22)23;2-1-3/h5-6,9-10,12,15H,4,7-8,11H2,1-3H3;1H,(H2,2,3). The molecule has 0 bridgehead atoms. The minimum absolute atomic E-state index is 0.00214. The van der Waals surface area contributed by atoms with Gasteiger partial charge in [-0.05, 0) is 25.0 Å². The molecule has 2 amide bonds. The van der Waals surface area contributed by atoms with Gasteiger partial charge in [-0.3, -0.25) is 9.69 Å². The number of hydrogen-bond acceptors (Lipinski definition) is 6. The van der Waals surface area contributed by atoms with E-state index in [0.717, 1.165) is 22.9 Å². The van der Waals surface area contributed by atoms with Crippen molar-refractivity contribution in [3.05, 3.63) is 24.4 Å². The summed E-state index contributed by atoms with van der Waals surface area (Å²) in [6, 6.07) is 5.76. The lowest BCUT2D eigenvalue weighted by atomic mass is 10.1. The van der Waals surface area contributed by atoms with Crippen LogP contribution >= 0.6 is 0 Å². The molecule has 0 saturated carbocycles. The third-order valence-corrected chi connectivity index (χ3v) is 4.78. The highest BCUT2D eigenvalue weighted by atomic mass is 16.6. The summed E-state index contributed by atoms with van der Waals surface area (Å²) in [6.07, 6.45) is 1.83. The fraction of sp³-hybridized carbons (Fsp3) is 0.450. The molecule has 1 fully saturated rings. The normalized spacial score (nSPS) is 17.3. The zero-order valence-electron chi connectivity index (χ0n) is 16.8. The smallest absolute Gasteiger partial charge is 0.415 e. The fourth-order valence-corrected chi connectivity index (χ4v) is 3.41. The first kappa shape index (κ1) is 20.5. The number of fused-ring (bicyclic) bond motifs is 3. The maximum Gasteiger partial charge on any atom is 0.415 e. The molecular weight excluding hydrogens is 376 g/mol. The average molecular weight is 402 g/mol. The lowest BCUT2D eigenvalue weighted by molar-refractivity contribution is -0.106. The Morgan fingerprint density at radius 3 is 2.83 bits per heavy atom. The van der Waals surface area contributed by atoms with Crippen molar-refractivity contribution in [3.8, 4) is 22.9 Å². The zero-order chi connectivity index (χ0) is 21.0. The number of nitrogens with zero attached hydrogens (tertiary/aromatic N) is 3. The summed E-state index contributed by atoms with van der Waals surface area (Å²) in [6.45, 7) is 8.31. The molecule has 2 aromatic rings. The summed E-state index contributed by atoms with van der Waals surface area (Å²) in [5.41, 5.74) is 5.06. The summed E-state index contributed by atoms with van der Waals surface area (Å²) in [4.78, 5) is 27.3. The van der Waals surface area contributed by atoms with Gasteiger partial charge in [0.2, 0.25) is 6.41 Å². The molecule has 2 aliphatic heterocycles. The largest absolute Gasteiger partial charge is 0.494 e. The number of cyclic esters (lactones) is 1. The Bertz CT molecular complexity index is 880. The van der Waals surface area contributed by atoms with E-state index in [4.69, 9.17) is 24.0 Å². The molecular formula is C20H26N4O5. The Balaban J connectivity index is 0.000000755. The first-order valence-corrected chi connectivity index (χ1v) is 9.58. The maximum absolute atomic E-state index is 12.2. The van der Waals surface area contributed by atoms with Gasteiger partial charge in [0, 0.05) is 12.3 Å². The Morgan fingerprint density at radius 1 is 1.38 bits per heavy atom. The molecule has 9 heteroatoms. The summed E-state index contributed by atoms with van der Waals surface area (Å²) in [7, 11) is 0. The SMILES string of the molecule is CCOc1ccc2c(c1)OCCn1cc(N3C(=O)OCC3C(C)C)nc1-2.NC=O. The van der Waals surface area contributed by atoms with Gasteiger partial charge in [0.05, 0.1) is 24.8 Å². The number of ether oxygens (including phenoxy) is 3. The molecule has 156 valence electrons. The zero-order valence-corrected chi connectivity index (χ0v) is 16.8. The van der Waals surface area contributed by atoms with Crippen LogP contribution in [0.2, 0.25) is 0 Å². The number of imidazole rings is 1. The van der Waals surface area contributed by atoms with Gasteiger partial charge in [0.25, 0.3) is 0 Å². The van der Waals surface area contributed by atoms with Crippen molar-refractivity contribution >= 4 is 18.3 Å². The van der Waals surface area contributed by atoms with E-state index in [1.54, 1.807) is 4.90 Å². The molecule has 1 atom stereocenters. The maximum atomic E-state index is 12.2. The van der Waals surface area contributed by atoms with Crippen LogP contribution < -0.4 is 20.1 Å². The molecule has 1 aromatic carbocycles. The van der Waals surface area contributed by atoms with E-state index < -0.39 is 0 Å². The molecule has 0 spiro atoms. The van der Waals surface area contributed by atoms with E-state index in [0.29, 0.717) is 32.2 Å². The van der Waals surface area contributed by atoms with Crippen LogP contribution in [0.3, 0.4) is 0 Å². The molecule has 4 rings (SSSR count). The van der Waals surface area contributed by atoms with Crippen molar-refractivity contribution in [3.63, 3.8) is 0 Å². The number of hydrogen-bond donors (Lipinski definition) is 1. The summed E-state index contributed by atoms with van der Waals surface area (Å²) < 4.78 is 18.7. The van der Waals surface area contributed by atoms with Gasteiger partial charge in [-0.15, -0.1) is 0 Å². The molecule has 3 heterocycles.